The molecule has 94 valence electrons. The van der Waals surface area contributed by atoms with E-state index in [1.807, 2.05) is 24.9 Å². The van der Waals surface area contributed by atoms with Gasteiger partial charge in [0.25, 0.3) is 0 Å². The van der Waals surface area contributed by atoms with E-state index in [1.165, 1.54) is 0 Å². The van der Waals surface area contributed by atoms with Gasteiger partial charge in [0.2, 0.25) is 5.95 Å². The quantitative estimate of drug-likeness (QED) is 0.837. The lowest BCUT2D eigenvalue weighted by molar-refractivity contribution is 0.115. The molecule has 1 aliphatic rings. The van der Waals surface area contributed by atoms with Gasteiger partial charge in [-0.3, -0.25) is 0 Å². The average molecular weight is 237 g/mol. The van der Waals surface area contributed by atoms with Gasteiger partial charge < -0.3 is 14.7 Å². The first-order valence-electron chi connectivity index (χ1n) is 5.86. The van der Waals surface area contributed by atoms with Crippen molar-refractivity contribution < 1.29 is 9.84 Å². The van der Waals surface area contributed by atoms with E-state index in [0.29, 0.717) is 5.95 Å². The molecule has 0 aromatic carbocycles. The van der Waals surface area contributed by atoms with Gasteiger partial charge in [0, 0.05) is 25.5 Å². The standard InChI is InChI=1S/C12H19N3O2/c1-8-5-13-12(14-9(8)2)15-6-11(17-3)4-10(15)7-16/h5,10-11,16H,4,6-7H2,1-3H3/t10-,11+/m0/s1. The van der Waals surface area contributed by atoms with Gasteiger partial charge in [-0.2, -0.15) is 0 Å². The largest absolute Gasteiger partial charge is 0.394 e. The number of aryl methyl sites for hydroxylation is 2. The van der Waals surface area contributed by atoms with Crippen LogP contribution in [0.3, 0.4) is 0 Å². The number of rotatable bonds is 3. The first-order chi connectivity index (χ1) is 8.15. The zero-order valence-corrected chi connectivity index (χ0v) is 10.6. The summed E-state index contributed by atoms with van der Waals surface area (Å²) in [7, 11) is 1.70. The molecule has 1 saturated heterocycles. The zero-order valence-electron chi connectivity index (χ0n) is 10.6. The Kier molecular flexibility index (Phi) is 3.59. The van der Waals surface area contributed by atoms with E-state index in [1.54, 1.807) is 7.11 Å². The maximum Gasteiger partial charge on any atom is 0.225 e. The van der Waals surface area contributed by atoms with Crippen LogP contribution in [0, 0.1) is 13.8 Å². The molecule has 5 heteroatoms. The molecule has 2 atom stereocenters. The first-order valence-corrected chi connectivity index (χ1v) is 5.86. The topological polar surface area (TPSA) is 58.5 Å². The molecular formula is C12H19N3O2. The van der Waals surface area contributed by atoms with Crippen LogP contribution in [0.15, 0.2) is 6.20 Å². The number of nitrogens with zero attached hydrogens (tertiary/aromatic N) is 3. The third-order valence-electron chi connectivity index (χ3n) is 3.39. The number of aliphatic hydroxyl groups excluding tert-OH is 1. The normalized spacial score (nSPS) is 24.4. The third kappa shape index (κ3) is 2.40. The molecule has 0 amide bonds. The van der Waals surface area contributed by atoms with Gasteiger partial charge in [-0.25, -0.2) is 9.97 Å². The number of methoxy groups -OCH3 is 1. The van der Waals surface area contributed by atoms with Crippen LogP contribution in [0.1, 0.15) is 17.7 Å². The highest BCUT2D eigenvalue weighted by atomic mass is 16.5. The molecule has 1 aliphatic heterocycles. The summed E-state index contributed by atoms with van der Waals surface area (Å²) in [6, 6.07) is 0.0575. The molecule has 2 heterocycles. The predicted octanol–water partition coefficient (Wildman–Crippen LogP) is 0.679. The van der Waals surface area contributed by atoms with E-state index in [4.69, 9.17) is 4.74 Å². The number of hydrogen-bond donors (Lipinski definition) is 1. The number of anilines is 1. The highest BCUT2D eigenvalue weighted by molar-refractivity contribution is 5.36. The first kappa shape index (κ1) is 12.3. The van der Waals surface area contributed by atoms with Crippen molar-refractivity contribution in [2.45, 2.75) is 32.4 Å². The van der Waals surface area contributed by atoms with Crippen molar-refractivity contribution in [2.24, 2.45) is 0 Å². The van der Waals surface area contributed by atoms with Crippen LogP contribution in [0.5, 0.6) is 0 Å². The van der Waals surface area contributed by atoms with Gasteiger partial charge in [0.15, 0.2) is 0 Å². The zero-order chi connectivity index (χ0) is 12.4. The average Bonchev–Trinajstić information content (AvgIpc) is 2.76. The molecular weight excluding hydrogens is 218 g/mol. The molecule has 0 spiro atoms. The minimum Gasteiger partial charge on any atom is -0.394 e. The van der Waals surface area contributed by atoms with Crippen molar-refractivity contribution in [3.63, 3.8) is 0 Å². The van der Waals surface area contributed by atoms with Gasteiger partial charge in [0.05, 0.1) is 18.8 Å². The molecule has 0 radical (unpaired) electrons. The van der Waals surface area contributed by atoms with Crippen molar-refractivity contribution in [1.29, 1.82) is 0 Å². The van der Waals surface area contributed by atoms with Gasteiger partial charge in [0.1, 0.15) is 0 Å². The summed E-state index contributed by atoms with van der Waals surface area (Å²) in [6.07, 6.45) is 2.80. The van der Waals surface area contributed by atoms with E-state index >= 15 is 0 Å². The fraction of sp³-hybridized carbons (Fsp3) is 0.667. The van der Waals surface area contributed by atoms with Crippen LogP contribution in [0.4, 0.5) is 5.95 Å². The summed E-state index contributed by atoms with van der Waals surface area (Å²) in [5.74, 6) is 0.687. The van der Waals surface area contributed by atoms with Gasteiger partial charge in [-0.1, -0.05) is 0 Å². The molecule has 1 aromatic rings. The number of hydrogen-bond acceptors (Lipinski definition) is 5. The minimum atomic E-state index is 0.0575. The Labute approximate surface area is 101 Å². The van der Waals surface area contributed by atoms with Crippen molar-refractivity contribution in [2.75, 3.05) is 25.2 Å². The van der Waals surface area contributed by atoms with Crippen molar-refractivity contribution in [3.05, 3.63) is 17.5 Å². The fourth-order valence-electron chi connectivity index (χ4n) is 2.12. The number of aromatic nitrogens is 2. The lowest BCUT2D eigenvalue weighted by Crippen LogP contribution is -2.34. The molecule has 0 saturated carbocycles. The van der Waals surface area contributed by atoms with Crippen LogP contribution in [-0.4, -0.2) is 47.5 Å². The SMILES string of the molecule is CO[C@@H]1C[C@@H](CO)N(c2ncc(C)c(C)n2)C1. The van der Waals surface area contributed by atoms with Crippen LogP contribution in [0.25, 0.3) is 0 Å². The molecule has 2 rings (SSSR count). The van der Waals surface area contributed by atoms with E-state index in [-0.39, 0.29) is 18.8 Å². The van der Waals surface area contributed by atoms with Crippen LogP contribution < -0.4 is 4.90 Å². The molecule has 0 bridgehead atoms. The molecule has 17 heavy (non-hydrogen) atoms. The van der Waals surface area contributed by atoms with E-state index in [0.717, 1.165) is 24.2 Å². The summed E-state index contributed by atoms with van der Waals surface area (Å²) >= 11 is 0. The van der Waals surface area contributed by atoms with Crippen LogP contribution in [0.2, 0.25) is 0 Å². The molecule has 1 aromatic heterocycles. The second kappa shape index (κ2) is 4.98. The van der Waals surface area contributed by atoms with Gasteiger partial charge >= 0.3 is 0 Å². The summed E-state index contributed by atoms with van der Waals surface area (Å²) in [6.45, 7) is 4.81. The third-order valence-corrected chi connectivity index (χ3v) is 3.39. The van der Waals surface area contributed by atoms with E-state index < -0.39 is 0 Å². The van der Waals surface area contributed by atoms with E-state index in [2.05, 4.69) is 9.97 Å². The smallest absolute Gasteiger partial charge is 0.225 e. The predicted molar refractivity (Wildman–Crippen MR) is 65.1 cm³/mol. The number of aliphatic hydroxyl groups is 1. The second-order valence-electron chi connectivity index (χ2n) is 4.52. The lowest BCUT2D eigenvalue weighted by Gasteiger charge is -2.22. The Bertz CT molecular complexity index is 397. The van der Waals surface area contributed by atoms with Crippen molar-refractivity contribution in [3.8, 4) is 0 Å². The van der Waals surface area contributed by atoms with Crippen LogP contribution in [-0.2, 0) is 4.74 Å². The van der Waals surface area contributed by atoms with Crippen molar-refractivity contribution >= 4 is 5.95 Å². The Morgan fingerprint density at radius 1 is 1.53 bits per heavy atom. The fourth-order valence-corrected chi connectivity index (χ4v) is 2.12. The Balaban J connectivity index is 2.23. The summed E-state index contributed by atoms with van der Waals surface area (Å²) < 4.78 is 5.34. The Morgan fingerprint density at radius 3 is 2.88 bits per heavy atom. The van der Waals surface area contributed by atoms with Crippen LogP contribution >= 0.6 is 0 Å². The highest BCUT2D eigenvalue weighted by Crippen LogP contribution is 2.24. The van der Waals surface area contributed by atoms with E-state index in [9.17, 15) is 5.11 Å². The van der Waals surface area contributed by atoms with Crippen molar-refractivity contribution in [1.82, 2.24) is 9.97 Å². The summed E-state index contributed by atoms with van der Waals surface area (Å²) in [5.41, 5.74) is 2.06. The summed E-state index contributed by atoms with van der Waals surface area (Å²) in [5, 5.41) is 9.38. The Hall–Kier alpha value is -1.20. The second-order valence-corrected chi connectivity index (χ2v) is 4.52. The molecule has 0 aliphatic carbocycles. The van der Waals surface area contributed by atoms with Gasteiger partial charge in [-0.05, 0) is 25.8 Å². The maximum absolute atomic E-state index is 9.38. The molecule has 1 N–H and O–H groups in total. The van der Waals surface area contributed by atoms with Gasteiger partial charge in [-0.15, -0.1) is 0 Å². The highest BCUT2D eigenvalue weighted by Gasteiger charge is 2.33. The molecule has 1 fully saturated rings. The Morgan fingerprint density at radius 2 is 2.29 bits per heavy atom. The summed E-state index contributed by atoms with van der Waals surface area (Å²) in [4.78, 5) is 10.8. The molecule has 0 unspecified atom stereocenters. The maximum atomic E-state index is 9.38. The molecule has 5 nitrogen and oxygen atoms in total. The minimum absolute atomic E-state index is 0.0575. The number of ether oxygens (including phenoxy) is 1. The monoisotopic (exact) mass is 237 g/mol. The lowest BCUT2D eigenvalue weighted by atomic mass is 10.2.